The van der Waals surface area contributed by atoms with Gasteiger partial charge in [0, 0.05) is 30.0 Å². The van der Waals surface area contributed by atoms with Gasteiger partial charge in [0.1, 0.15) is 0 Å². The third-order valence-corrected chi connectivity index (χ3v) is 5.42. The molecule has 0 unspecified atom stereocenters. The highest BCUT2D eigenvalue weighted by Crippen LogP contribution is 2.23. The van der Waals surface area contributed by atoms with Gasteiger partial charge in [-0.3, -0.25) is 14.4 Å². The SMILES string of the molecule is CC(=O)Nc1ccc(NCC(=O)Nc2ccc(Cl)c(C(=O)NC3CCCCC3)c2)cc1. The van der Waals surface area contributed by atoms with Gasteiger partial charge < -0.3 is 21.3 Å². The standard InChI is InChI=1S/C23H27ClN4O3/c1-15(29)26-18-9-7-16(8-10-18)25-14-22(30)27-19-11-12-21(24)20(13-19)23(31)28-17-5-3-2-4-6-17/h7-13,17,25H,2-6,14H2,1H3,(H,26,29)(H,27,30)(H,28,31). The van der Waals surface area contributed by atoms with Gasteiger partial charge >= 0.3 is 0 Å². The van der Waals surface area contributed by atoms with Crippen molar-refractivity contribution in [2.24, 2.45) is 0 Å². The van der Waals surface area contributed by atoms with Crippen molar-refractivity contribution in [3.8, 4) is 0 Å². The lowest BCUT2D eigenvalue weighted by molar-refractivity contribution is -0.115. The van der Waals surface area contributed by atoms with Crippen molar-refractivity contribution in [2.75, 3.05) is 22.5 Å². The summed E-state index contributed by atoms with van der Waals surface area (Å²) in [5.41, 5.74) is 2.29. The smallest absolute Gasteiger partial charge is 0.253 e. The quantitative estimate of drug-likeness (QED) is 0.510. The van der Waals surface area contributed by atoms with Gasteiger partial charge in [-0.2, -0.15) is 0 Å². The van der Waals surface area contributed by atoms with Crippen LogP contribution in [0.3, 0.4) is 0 Å². The van der Waals surface area contributed by atoms with Gasteiger partial charge in [0.2, 0.25) is 11.8 Å². The summed E-state index contributed by atoms with van der Waals surface area (Å²) in [6.07, 6.45) is 5.42. The van der Waals surface area contributed by atoms with Crippen molar-refractivity contribution < 1.29 is 14.4 Å². The fraction of sp³-hybridized carbons (Fsp3) is 0.348. The van der Waals surface area contributed by atoms with Crippen LogP contribution in [-0.2, 0) is 9.59 Å². The van der Waals surface area contributed by atoms with Crippen LogP contribution in [0.25, 0.3) is 0 Å². The van der Waals surface area contributed by atoms with Crippen LogP contribution in [0, 0.1) is 0 Å². The molecule has 31 heavy (non-hydrogen) atoms. The topological polar surface area (TPSA) is 99.3 Å². The first-order valence-corrected chi connectivity index (χ1v) is 10.8. The summed E-state index contributed by atoms with van der Waals surface area (Å²) in [5, 5.41) is 11.9. The number of halogens is 1. The average Bonchev–Trinajstić information content (AvgIpc) is 2.75. The Kier molecular flexibility index (Phi) is 7.89. The highest BCUT2D eigenvalue weighted by molar-refractivity contribution is 6.34. The van der Waals surface area contributed by atoms with E-state index >= 15 is 0 Å². The van der Waals surface area contributed by atoms with Crippen molar-refractivity contribution in [1.82, 2.24) is 5.32 Å². The first kappa shape index (κ1) is 22.6. The molecule has 1 saturated carbocycles. The number of carbonyl (C=O) groups excluding carboxylic acids is 3. The van der Waals surface area contributed by atoms with Gasteiger partial charge in [-0.15, -0.1) is 0 Å². The maximum Gasteiger partial charge on any atom is 0.253 e. The van der Waals surface area contributed by atoms with Gasteiger partial charge in [-0.25, -0.2) is 0 Å². The van der Waals surface area contributed by atoms with Crippen molar-refractivity contribution in [1.29, 1.82) is 0 Å². The molecule has 0 aromatic heterocycles. The van der Waals surface area contributed by atoms with Crippen LogP contribution in [0.2, 0.25) is 5.02 Å². The van der Waals surface area contributed by atoms with Crippen molar-refractivity contribution >= 4 is 46.4 Å². The van der Waals surface area contributed by atoms with E-state index in [1.54, 1.807) is 42.5 Å². The summed E-state index contributed by atoms with van der Waals surface area (Å²) in [6, 6.07) is 12.1. The zero-order chi connectivity index (χ0) is 22.2. The summed E-state index contributed by atoms with van der Waals surface area (Å²) in [6.45, 7) is 1.49. The summed E-state index contributed by atoms with van der Waals surface area (Å²) >= 11 is 6.22. The second-order valence-electron chi connectivity index (χ2n) is 7.66. The van der Waals surface area contributed by atoms with E-state index in [0.29, 0.717) is 22.0 Å². The molecule has 0 atom stereocenters. The highest BCUT2D eigenvalue weighted by Gasteiger charge is 2.19. The molecular weight excluding hydrogens is 416 g/mol. The predicted octanol–water partition coefficient (Wildman–Crippen LogP) is 4.41. The summed E-state index contributed by atoms with van der Waals surface area (Å²) in [7, 11) is 0. The molecule has 1 aliphatic carbocycles. The average molecular weight is 443 g/mol. The number of hydrogen-bond donors (Lipinski definition) is 4. The lowest BCUT2D eigenvalue weighted by atomic mass is 9.95. The van der Waals surface area contributed by atoms with Crippen LogP contribution < -0.4 is 21.3 Å². The monoisotopic (exact) mass is 442 g/mol. The third kappa shape index (κ3) is 7.00. The number of anilines is 3. The first-order chi connectivity index (χ1) is 14.9. The largest absolute Gasteiger partial charge is 0.376 e. The van der Waals surface area contributed by atoms with Crippen LogP contribution in [0.1, 0.15) is 49.4 Å². The number of hydrogen-bond acceptors (Lipinski definition) is 4. The molecule has 8 heteroatoms. The Balaban J connectivity index is 1.54. The van der Waals surface area contributed by atoms with E-state index in [-0.39, 0.29) is 30.3 Å². The molecule has 1 fully saturated rings. The Bertz CT molecular complexity index is 940. The van der Waals surface area contributed by atoms with Gasteiger partial charge in [-0.1, -0.05) is 30.9 Å². The Morgan fingerprint density at radius 2 is 1.55 bits per heavy atom. The van der Waals surface area contributed by atoms with E-state index in [4.69, 9.17) is 11.6 Å². The maximum absolute atomic E-state index is 12.6. The molecule has 2 aromatic carbocycles. The number of benzene rings is 2. The van der Waals surface area contributed by atoms with E-state index < -0.39 is 0 Å². The lowest BCUT2D eigenvalue weighted by Crippen LogP contribution is -2.36. The molecule has 0 bridgehead atoms. The molecule has 3 rings (SSSR count). The minimum Gasteiger partial charge on any atom is -0.376 e. The number of nitrogens with one attached hydrogen (secondary N) is 4. The van der Waals surface area contributed by atoms with E-state index in [1.807, 2.05) is 0 Å². The lowest BCUT2D eigenvalue weighted by Gasteiger charge is -2.23. The molecule has 164 valence electrons. The fourth-order valence-electron chi connectivity index (χ4n) is 3.55. The summed E-state index contributed by atoms with van der Waals surface area (Å²) in [4.78, 5) is 36.0. The van der Waals surface area contributed by atoms with Gasteiger partial charge in [0.05, 0.1) is 17.1 Å². The Morgan fingerprint density at radius 1 is 0.903 bits per heavy atom. The van der Waals surface area contributed by atoms with Crippen LogP contribution in [0.5, 0.6) is 0 Å². The second kappa shape index (κ2) is 10.8. The molecule has 7 nitrogen and oxygen atoms in total. The van der Waals surface area contributed by atoms with Gasteiger partial charge in [0.15, 0.2) is 0 Å². The molecule has 0 aliphatic heterocycles. The molecule has 0 heterocycles. The van der Waals surface area contributed by atoms with Gasteiger partial charge in [0.25, 0.3) is 5.91 Å². The van der Waals surface area contributed by atoms with Crippen molar-refractivity contribution in [2.45, 2.75) is 45.1 Å². The minimum atomic E-state index is -0.258. The number of rotatable bonds is 7. The zero-order valence-electron chi connectivity index (χ0n) is 17.5. The molecule has 2 aromatic rings. The van der Waals surface area contributed by atoms with E-state index in [0.717, 1.165) is 31.4 Å². The van der Waals surface area contributed by atoms with Crippen LogP contribution in [0.4, 0.5) is 17.1 Å². The maximum atomic E-state index is 12.6. The number of amides is 3. The predicted molar refractivity (Wildman–Crippen MR) is 124 cm³/mol. The first-order valence-electron chi connectivity index (χ1n) is 10.4. The highest BCUT2D eigenvalue weighted by atomic mass is 35.5. The van der Waals surface area contributed by atoms with Crippen LogP contribution >= 0.6 is 11.6 Å². The normalized spacial score (nSPS) is 13.9. The van der Waals surface area contributed by atoms with E-state index in [2.05, 4.69) is 21.3 Å². The van der Waals surface area contributed by atoms with Crippen LogP contribution in [-0.4, -0.2) is 30.3 Å². The zero-order valence-corrected chi connectivity index (χ0v) is 18.2. The van der Waals surface area contributed by atoms with Gasteiger partial charge in [-0.05, 0) is 55.3 Å². The van der Waals surface area contributed by atoms with Crippen molar-refractivity contribution in [3.05, 3.63) is 53.1 Å². The van der Waals surface area contributed by atoms with Crippen LogP contribution in [0.15, 0.2) is 42.5 Å². The fourth-order valence-corrected chi connectivity index (χ4v) is 3.75. The van der Waals surface area contributed by atoms with E-state index in [1.165, 1.54) is 13.3 Å². The van der Waals surface area contributed by atoms with Crippen molar-refractivity contribution in [3.63, 3.8) is 0 Å². The minimum absolute atomic E-state index is 0.0473. The molecule has 4 N–H and O–H groups in total. The molecule has 0 spiro atoms. The Hall–Kier alpha value is -3.06. The second-order valence-corrected chi connectivity index (χ2v) is 8.07. The number of carbonyl (C=O) groups is 3. The summed E-state index contributed by atoms with van der Waals surface area (Å²) < 4.78 is 0. The Labute approximate surface area is 186 Å². The summed E-state index contributed by atoms with van der Waals surface area (Å²) in [5.74, 6) is -0.618. The molecule has 3 amide bonds. The Morgan fingerprint density at radius 3 is 2.23 bits per heavy atom. The van der Waals surface area contributed by atoms with E-state index in [9.17, 15) is 14.4 Å². The molecule has 1 aliphatic rings. The molecular formula is C23H27ClN4O3. The third-order valence-electron chi connectivity index (χ3n) is 5.09. The molecule has 0 saturated heterocycles. The molecule has 0 radical (unpaired) electrons.